The third-order valence-corrected chi connectivity index (χ3v) is 2.70. The summed E-state index contributed by atoms with van der Waals surface area (Å²) in [4.78, 5) is 4.27. The second-order valence-corrected chi connectivity index (χ2v) is 3.65. The highest BCUT2D eigenvalue weighted by Crippen LogP contribution is 2.31. The molecule has 0 aliphatic carbocycles. The first-order valence-electron chi connectivity index (χ1n) is 5.32. The van der Waals surface area contributed by atoms with Crippen molar-refractivity contribution >= 4 is 5.65 Å². The smallest absolute Gasteiger partial charge is 0.163 e. The number of hydrogen-bond acceptors (Lipinski definition) is 3. The van der Waals surface area contributed by atoms with Crippen LogP contribution in [0.2, 0.25) is 0 Å². The maximum atomic E-state index is 5.37. The van der Waals surface area contributed by atoms with Gasteiger partial charge in [0.15, 0.2) is 5.65 Å². The Morgan fingerprint density at radius 1 is 1.06 bits per heavy atom. The minimum absolute atomic E-state index is 0.831. The molecular formula is C13H11N3O. The predicted octanol–water partition coefficient (Wildman–Crippen LogP) is 2.40. The molecule has 0 saturated heterocycles. The fourth-order valence-electron chi connectivity index (χ4n) is 1.92. The van der Waals surface area contributed by atoms with Gasteiger partial charge in [-0.25, -0.2) is 9.50 Å². The van der Waals surface area contributed by atoms with Crippen molar-refractivity contribution in [1.82, 2.24) is 14.6 Å². The fourth-order valence-corrected chi connectivity index (χ4v) is 1.92. The Labute approximate surface area is 98.5 Å². The zero-order valence-corrected chi connectivity index (χ0v) is 9.37. The molecule has 2 aromatic heterocycles. The van der Waals surface area contributed by atoms with Gasteiger partial charge in [-0.2, -0.15) is 5.10 Å². The van der Waals surface area contributed by atoms with Gasteiger partial charge in [0.25, 0.3) is 0 Å². The molecule has 84 valence electrons. The van der Waals surface area contributed by atoms with Crippen LogP contribution in [0.5, 0.6) is 5.75 Å². The number of pyridine rings is 1. The van der Waals surface area contributed by atoms with E-state index in [9.17, 15) is 0 Å². The van der Waals surface area contributed by atoms with Crippen LogP contribution in [0.25, 0.3) is 16.8 Å². The van der Waals surface area contributed by atoms with Crippen LogP contribution < -0.4 is 4.74 Å². The molecule has 2 heterocycles. The highest BCUT2D eigenvalue weighted by Gasteiger charge is 2.09. The lowest BCUT2D eigenvalue weighted by atomic mass is 10.1. The summed E-state index contributed by atoms with van der Waals surface area (Å²) in [5.74, 6) is 0.837. The molecule has 0 bridgehead atoms. The Morgan fingerprint density at radius 3 is 2.76 bits per heavy atom. The largest absolute Gasteiger partial charge is 0.496 e. The number of hydrogen-bond donors (Lipinski definition) is 0. The molecule has 0 radical (unpaired) electrons. The van der Waals surface area contributed by atoms with E-state index in [1.54, 1.807) is 18.0 Å². The molecule has 4 heteroatoms. The second-order valence-electron chi connectivity index (χ2n) is 3.65. The number of para-hydroxylation sites is 1. The summed E-state index contributed by atoms with van der Waals surface area (Å²) in [6.07, 6.45) is 3.43. The number of rotatable bonds is 2. The van der Waals surface area contributed by atoms with Crippen molar-refractivity contribution in [3.8, 4) is 16.9 Å². The van der Waals surface area contributed by atoms with E-state index in [0.717, 1.165) is 22.5 Å². The maximum absolute atomic E-state index is 5.37. The van der Waals surface area contributed by atoms with Crippen LogP contribution in [-0.4, -0.2) is 21.7 Å². The van der Waals surface area contributed by atoms with Gasteiger partial charge in [-0.15, -0.1) is 0 Å². The predicted molar refractivity (Wildman–Crippen MR) is 65.0 cm³/mol. The Bertz CT molecular complexity index is 660. The normalized spacial score (nSPS) is 10.6. The summed E-state index contributed by atoms with van der Waals surface area (Å²) in [7, 11) is 1.67. The summed E-state index contributed by atoms with van der Waals surface area (Å²) in [5.41, 5.74) is 2.87. The molecule has 1 aromatic carbocycles. The molecule has 0 aliphatic rings. The summed E-state index contributed by atoms with van der Waals surface area (Å²) < 4.78 is 7.12. The van der Waals surface area contributed by atoms with Gasteiger partial charge in [-0.3, -0.25) is 0 Å². The lowest BCUT2D eigenvalue weighted by molar-refractivity contribution is 0.416. The van der Waals surface area contributed by atoms with Crippen LogP contribution in [0.4, 0.5) is 0 Å². The van der Waals surface area contributed by atoms with Gasteiger partial charge in [0, 0.05) is 17.3 Å². The van der Waals surface area contributed by atoms with Gasteiger partial charge < -0.3 is 4.74 Å². The second kappa shape index (κ2) is 3.90. The van der Waals surface area contributed by atoms with Gasteiger partial charge >= 0.3 is 0 Å². The van der Waals surface area contributed by atoms with E-state index in [1.807, 2.05) is 42.6 Å². The minimum Gasteiger partial charge on any atom is -0.496 e. The van der Waals surface area contributed by atoms with Crippen LogP contribution >= 0.6 is 0 Å². The molecule has 0 unspecified atom stereocenters. The van der Waals surface area contributed by atoms with Crippen LogP contribution in [0.3, 0.4) is 0 Å². The molecule has 0 fully saturated rings. The number of fused-ring (bicyclic) bond motifs is 1. The molecule has 3 aromatic rings. The summed E-state index contributed by atoms with van der Waals surface area (Å²) in [6.45, 7) is 0. The summed E-state index contributed by atoms with van der Waals surface area (Å²) in [5, 5.41) is 4.13. The van der Waals surface area contributed by atoms with E-state index in [-0.39, 0.29) is 0 Å². The third kappa shape index (κ3) is 1.54. The molecule has 0 saturated carbocycles. The monoisotopic (exact) mass is 225 g/mol. The Kier molecular flexibility index (Phi) is 2.26. The maximum Gasteiger partial charge on any atom is 0.163 e. The summed E-state index contributed by atoms with van der Waals surface area (Å²) >= 11 is 0. The Hall–Kier alpha value is -2.36. The van der Waals surface area contributed by atoms with Crippen LogP contribution in [0.1, 0.15) is 0 Å². The van der Waals surface area contributed by atoms with E-state index in [2.05, 4.69) is 10.1 Å². The van der Waals surface area contributed by atoms with Crippen molar-refractivity contribution in [2.75, 3.05) is 7.11 Å². The molecule has 0 N–H and O–H groups in total. The fraction of sp³-hybridized carbons (Fsp3) is 0.0769. The number of aromatic nitrogens is 3. The Morgan fingerprint density at radius 2 is 1.88 bits per heavy atom. The van der Waals surface area contributed by atoms with Crippen molar-refractivity contribution in [2.45, 2.75) is 0 Å². The molecule has 4 nitrogen and oxygen atoms in total. The van der Waals surface area contributed by atoms with Gasteiger partial charge in [0.2, 0.25) is 0 Å². The first-order valence-corrected chi connectivity index (χ1v) is 5.32. The van der Waals surface area contributed by atoms with Crippen molar-refractivity contribution in [3.63, 3.8) is 0 Å². The summed E-state index contributed by atoms with van der Waals surface area (Å²) in [6, 6.07) is 11.9. The van der Waals surface area contributed by atoms with Gasteiger partial charge in [-0.1, -0.05) is 18.2 Å². The number of benzene rings is 1. The number of ether oxygens (including phenoxy) is 1. The zero-order chi connectivity index (χ0) is 11.7. The third-order valence-electron chi connectivity index (χ3n) is 2.70. The standard InChI is InChI=1S/C13H11N3O/c1-17-12-7-3-2-5-10(12)11-6-4-8-16-13(11)14-9-15-16/h2-9H,1H3. The van der Waals surface area contributed by atoms with E-state index in [1.165, 1.54) is 0 Å². The van der Waals surface area contributed by atoms with E-state index >= 15 is 0 Å². The van der Waals surface area contributed by atoms with E-state index < -0.39 is 0 Å². The van der Waals surface area contributed by atoms with Crippen molar-refractivity contribution in [1.29, 1.82) is 0 Å². The van der Waals surface area contributed by atoms with Crippen LogP contribution in [0.15, 0.2) is 48.9 Å². The zero-order valence-electron chi connectivity index (χ0n) is 9.37. The molecule has 3 rings (SSSR count). The van der Waals surface area contributed by atoms with Gasteiger partial charge in [0.1, 0.15) is 12.1 Å². The number of nitrogens with zero attached hydrogens (tertiary/aromatic N) is 3. The lowest BCUT2D eigenvalue weighted by Gasteiger charge is -2.08. The quantitative estimate of drug-likeness (QED) is 0.672. The van der Waals surface area contributed by atoms with Crippen molar-refractivity contribution < 1.29 is 4.74 Å². The molecule has 0 amide bonds. The molecule has 0 spiro atoms. The van der Waals surface area contributed by atoms with Gasteiger partial charge in [0.05, 0.1) is 7.11 Å². The first-order chi connectivity index (χ1) is 8.40. The minimum atomic E-state index is 0.831. The highest BCUT2D eigenvalue weighted by atomic mass is 16.5. The molecule has 0 atom stereocenters. The first kappa shape index (κ1) is 9.84. The lowest BCUT2D eigenvalue weighted by Crippen LogP contribution is -1.92. The average Bonchev–Trinajstić information content (AvgIpc) is 2.86. The van der Waals surface area contributed by atoms with E-state index in [4.69, 9.17) is 4.74 Å². The molecule has 0 aliphatic heterocycles. The molecule has 17 heavy (non-hydrogen) atoms. The van der Waals surface area contributed by atoms with E-state index in [0.29, 0.717) is 0 Å². The van der Waals surface area contributed by atoms with Crippen molar-refractivity contribution in [2.24, 2.45) is 0 Å². The molecular weight excluding hydrogens is 214 g/mol. The van der Waals surface area contributed by atoms with Gasteiger partial charge in [-0.05, 0) is 18.2 Å². The highest BCUT2D eigenvalue weighted by molar-refractivity contribution is 5.81. The SMILES string of the molecule is COc1ccccc1-c1cccn2ncnc12. The number of methoxy groups -OCH3 is 1. The topological polar surface area (TPSA) is 39.4 Å². The van der Waals surface area contributed by atoms with Crippen LogP contribution in [0, 0.1) is 0 Å². The van der Waals surface area contributed by atoms with Crippen molar-refractivity contribution in [3.05, 3.63) is 48.9 Å². The average molecular weight is 225 g/mol. The Balaban J connectivity index is 2.30. The van der Waals surface area contributed by atoms with Crippen LogP contribution in [-0.2, 0) is 0 Å².